The van der Waals surface area contributed by atoms with Crippen LogP contribution in [0.4, 0.5) is 10.5 Å². The second kappa shape index (κ2) is 11.4. The smallest absolute Gasteiger partial charge is 0.405 e. The van der Waals surface area contributed by atoms with Crippen LogP contribution in [-0.2, 0) is 16.1 Å². The van der Waals surface area contributed by atoms with E-state index in [2.05, 4.69) is 20.6 Å². The summed E-state index contributed by atoms with van der Waals surface area (Å²) in [5.74, 6) is 0.495. The number of allylic oxidation sites excluding steroid dienone is 1. The number of benzene rings is 1. The molecule has 0 unspecified atom stereocenters. The van der Waals surface area contributed by atoms with Crippen LogP contribution in [0.15, 0.2) is 53.5 Å². The third-order valence-corrected chi connectivity index (χ3v) is 5.82. The van der Waals surface area contributed by atoms with Crippen molar-refractivity contribution in [3.05, 3.63) is 64.9 Å². The minimum absolute atomic E-state index is 0.0121. The number of fused-ring (bicyclic) bond motifs is 1. The fraction of sp³-hybridized carbons (Fsp3) is 0.320. The van der Waals surface area contributed by atoms with Crippen molar-refractivity contribution < 1.29 is 24.2 Å². The number of rotatable bonds is 12. The number of para-hydroxylation sites is 1. The summed E-state index contributed by atoms with van der Waals surface area (Å²) in [6.45, 7) is 0.780. The first kappa shape index (κ1) is 25.5. The van der Waals surface area contributed by atoms with Crippen molar-refractivity contribution in [3.63, 3.8) is 0 Å². The monoisotopic (exact) mass is 508 g/mol. The van der Waals surface area contributed by atoms with Crippen molar-refractivity contribution in [1.82, 2.24) is 19.9 Å². The molecular formula is C25H28N6O6. The average molecular weight is 509 g/mol. The molecule has 37 heavy (non-hydrogen) atoms. The van der Waals surface area contributed by atoms with E-state index in [1.165, 1.54) is 29.6 Å². The third-order valence-electron chi connectivity index (χ3n) is 5.82. The van der Waals surface area contributed by atoms with E-state index in [0.29, 0.717) is 29.6 Å². The first-order valence-corrected chi connectivity index (χ1v) is 11.9. The van der Waals surface area contributed by atoms with Crippen molar-refractivity contribution in [1.29, 1.82) is 0 Å². The fourth-order valence-electron chi connectivity index (χ4n) is 3.76. The van der Waals surface area contributed by atoms with E-state index in [-0.39, 0.29) is 25.1 Å². The Hall–Kier alpha value is -4.61. The van der Waals surface area contributed by atoms with Gasteiger partial charge in [0.1, 0.15) is 28.8 Å². The molecule has 1 saturated carbocycles. The van der Waals surface area contributed by atoms with Crippen LogP contribution in [0.1, 0.15) is 31.5 Å². The number of anilines is 1. The van der Waals surface area contributed by atoms with Gasteiger partial charge in [0.15, 0.2) is 0 Å². The van der Waals surface area contributed by atoms with Crippen LogP contribution in [-0.4, -0.2) is 50.2 Å². The molecule has 3 amide bonds. The van der Waals surface area contributed by atoms with Crippen LogP contribution < -0.4 is 26.7 Å². The fourth-order valence-corrected chi connectivity index (χ4v) is 3.76. The molecule has 0 spiro atoms. The third kappa shape index (κ3) is 6.97. The molecule has 194 valence electrons. The quantitative estimate of drug-likeness (QED) is 0.232. The second-order valence-electron chi connectivity index (χ2n) is 8.82. The largest absolute Gasteiger partial charge is 0.491 e. The number of aromatic nitrogens is 3. The molecule has 12 heteroatoms. The number of pyridine rings is 1. The van der Waals surface area contributed by atoms with Crippen LogP contribution in [0.5, 0.6) is 5.75 Å². The Morgan fingerprint density at radius 1 is 1.27 bits per heavy atom. The molecule has 4 rings (SSSR count). The highest BCUT2D eigenvalue weighted by atomic mass is 16.5. The van der Waals surface area contributed by atoms with E-state index >= 15 is 0 Å². The lowest BCUT2D eigenvalue weighted by molar-refractivity contribution is -0.118. The van der Waals surface area contributed by atoms with Gasteiger partial charge in [-0.3, -0.25) is 14.4 Å². The molecule has 6 N–H and O–H groups in total. The lowest BCUT2D eigenvalue weighted by Crippen LogP contribution is -2.44. The molecule has 2 aromatic heterocycles. The molecule has 1 atom stereocenters. The minimum atomic E-state index is -1.39. The molecule has 1 aliphatic carbocycles. The highest BCUT2D eigenvalue weighted by Gasteiger charge is 2.23. The van der Waals surface area contributed by atoms with Crippen LogP contribution in [0, 0.1) is 5.92 Å². The van der Waals surface area contributed by atoms with Crippen LogP contribution in [0.3, 0.4) is 0 Å². The second-order valence-corrected chi connectivity index (χ2v) is 8.82. The number of hydrogen-bond donors (Lipinski definition) is 5. The zero-order valence-corrected chi connectivity index (χ0v) is 20.0. The lowest BCUT2D eigenvalue weighted by Gasteiger charge is -2.16. The standard InChI is InChI=1S/C25H28N6O6/c26-20(32)9-2-1-5-17(29-25(35)36)23(33)28-18-7-4-12-31(24(18)34)13-21-27-16-6-3-8-19(22(16)30-21)37-14-15-10-11-15/h2-4,6-9,12,15,17,29H,1,5,10-11,13-14H2,(H2,26,32)(H,27,30)(H,28,33)(H,35,36)/b9-2+/t17-/m0/s1. The van der Waals surface area contributed by atoms with Crippen molar-refractivity contribution in [2.75, 3.05) is 11.9 Å². The summed E-state index contributed by atoms with van der Waals surface area (Å²) in [6, 6.07) is 7.48. The molecule has 0 bridgehead atoms. The summed E-state index contributed by atoms with van der Waals surface area (Å²) in [7, 11) is 0. The van der Waals surface area contributed by atoms with Crippen LogP contribution >= 0.6 is 0 Å². The van der Waals surface area contributed by atoms with Gasteiger partial charge >= 0.3 is 6.09 Å². The van der Waals surface area contributed by atoms with E-state index in [4.69, 9.17) is 15.6 Å². The molecule has 2 heterocycles. The maximum Gasteiger partial charge on any atom is 0.405 e. The molecule has 0 aliphatic heterocycles. The molecule has 0 saturated heterocycles. The topological polar surface area (TPSA) is 181 Å². The van der Waals surface area contributed by atoms with Gasteiger partial charge in [0, 0.05) is 6.20 Å². The van der Waals surface area contributed by atoms with Crippen molar-refractivity contribution >= 4 is 34.6 Å². The number of nitrogens with two attached hydrogens (primary N) is 1. The van der Waals surface area contributed by atoms with E-state index in [9.17, 15) is 19.2 Å². The zero-order chi connectivity index (χ0) is 26.4. The maximum atomic E-state index is 13.0. The maximum absolute atomic E-state index is 13.0. The van der Waals surface area contributed by atoms with E-state index in [1.54, 1.807) is 12.3 Å². The number of nitrogens with one attached hydrogen (secondary N) is 3. The van der Waals surface area contributed by atoms with Gasteiger partial charge in [-0.25, -0.2) is 9.78 Å². The number of amides is 3. The minimum Gasteiger partial charge on any atom is -0.491 e. The Morgan fingerprint density at radius 2 is 2.08 bits per heavy atom. The lowest BCUT2D eigenvalue weighted by atomic mass is 10.1. The van der Waals surface area contributed by atoms with E-state index in [1.807, 2.05) is 18.2 Å². The number of carbonyl (C=O) groups is 3. The van der Waals surface area contributed by atoms with Crippen molar-refractivity contribution in [3.8, 4) is 5.75 Å². The number of carbonyl (C=O) groups excluding carboxylic acids is 2. The number of nitrogens with zero attached hydrogens (tertiary/aromatic N) is 2. The predicted molar refractivity (Wildman–Crippen MR) is 135 cm³/mol. The van der Waals surface area contributed by atoms with E-state index < -0.39 is 29.5 Å². The highest BCUT2D eigenvalue weighted by molar-refractivity contribution is 5.96. The first-order valence-electron chi connectivity index (χ1n) is 11.9. The van der Waals surface area contributed by atoms with Gasteiger partial charge in [-0.2, -0.15) is 0 Å². The summed E-state index contributed by atoms with van der Waals surface area (Å²) in [4.78, 5) is 55.5. The molecule has 3 aromatic rings. The number of ether oxygens (including phenoxy) is 1. The number of H-pyrrole nitrogens is 1. The van der Waals surface area contributed by atoms with Crippen LogP contribution in [0.2, 0.25) is 0 Å². The Balaban J connectivity index is 1.47. The SMILES string of the molecule is NC(=O)/C=C/CC[C@H](NC(=O)O)C(=O)Nc1cccn(Cc2nc3cccc(OCC4CC4)c3[nH]2)c1=O. The molecule has 12 nitrogen and oxygen atoms in total. The van der Waals surface area contributed by atoms with Gasteiger partial charge in [-0.05, 0) is 61.9 Å². The Morgan fingerprint density at radius 3 is 2.81 bits per heavy atom. The summed E-state index contributed by atoms with van der Waals surface area (Å²) >= 11 is 0. The summed E-state index contributed by atoms with van der Waals surface area (Å²) in [5, 5.41) is 13.7. The van der Waals surface area contributed by atoms with Gasteiger partial charge in [0.05, 0.1) is 18.7 Å². The normalized spacial score (nSPS) is 13.9. The summed E-state index contributed by atoms with van der Waals surface area (Å²) < 4.78 is 7.31. The summed E-state index contributed by atoms with van der Waals surface area (Å²) in [6.07, 6.45) is 5.39. The van der Waals surface area contributed by atoms with Gasteiger partial charge in [-0.15, -0.1) is 0 Å². The van der Waals surface area contributed by atoms with Crippen molar-refractivity contribution in [2.24, 2.45) is 11.7 Å². The van der Waals surface area contributed by atoms with Gasteiger partial charge in [-0.1, -0.05) is 12.1 Å². The molecular weight excluding hydrogens is 480 g/mol. The zero-order valence-electron chi connectivity index (χ0n) is 20.0. The Kier molecular flexibility index (Phi) is 7.86. The van der Waals surface area contributed by atoms with Crippen molar-refractivity contribution in [2.45, 2.75) is 38.3 Å². The molecule has 1 aromatic carbocycles. The molecule has 0 radical (unpaired) electrons. The number of carboxylic acid groups (broad SMARTS) is 1. The molecule has 1 aliphatic rings. The predicted octanol–water partition coefficient (Wildman–Crippen LogP) is 1.96. The van der Waals surface area contributed by atoms with Gasteiger partial charge in [0.2, 0.25) is 11.8 Å². The van der Waals surface area contributed by atoms with Gasteiger partial charge < -0.3 is 35.8 Å². The average Bonchev–Trinajstić information content (AvgIpc) is 3.59. The Bertz CT molecular complexity index is 1390. The number of hydrogen-bond acceptors (Lipinski definition) is 6. The van der Waals surface area contributed by atoms with E-state index in [0.717, 1.165) is 11.6 Å². The number of primary amides is 1. The number of aromatic amines is 1. The first-order chi connectivity index (χ1) is 17.8. The highest BCUT2D eigenvalue weighted by Crippen LogP contribution is 2.31. The summed E-state index contributed by atoms with van der Waals surface area (Å²) in [5.41, 5.74) is 6.00. The van der Waals surface area contributed by atoms with Crippen LogP contribution in [0.25, 0.3) is 11.0 Å². The Labute approximate surface area is 211 Å². The van der Waals surface area contributed by atoms with Gasteiger partial charge in [0.25, 0.3) is 5.56 Å². The molecule has 1 fully saturated rings. The number of imidazole rings is 1.